The van der Waals surface area contributed by atoms with Gasteiger partial charge in [0.2, 0.25) is 11.6 Å². The lowest BCUT2D eigenvalue weighted by Gasteiger charge is -2.16. The molecule has 140 valence electrons. The predicted octanol–water partition coefficient (Wildman–Crippen LogP) is 3.85. The Balaban J connectivity index is 1.96. The Morgan fingerprint density at radius 2 is 1.46 bits per heavy atom. The molecule has 1 aliphatic carbocycles. The highest BCUT2D eigenvalue weighted by Gasteiger charge is 2.34. The van der Waals surface area contributed by atoms with Gasteiger partial charge in [-0.15, -0.1) is 0 Å². The number of rotatable bonds is 4. The van der Waals surface area contributed by atoms with Crippen molar-refractivity contribution in [3.05, 3.63) is 98.5 Å². The fraction of sp³-hybridized carbons (Fsp3) is 0.0476. The number of benzene rings is 2. The lowest BCUT2D eigenvalue weighted by Crippen LogP contribution is -2.22. The zero-order valence-corrected chi connectivity index (χ0v) is 14.7. The Labute approximate surface area is 159 Å². The molecule has 0 amide bonds. The summed E-state index contributed by atoms with van der Waals surface area (Å²) in [5.74, 6) is -3.46. The number of hydrogen-bond donors (Lipinski definition) is 2. The molecule has 0 bridgehead atoms. The summed E-state index contributed by atoms with van der Waals surface area (Å²) < 4.78 is 0. The quantitative estimate of drug-likeness (QED) is 0.475. The summed E-state index contributed by atoms with van der Waals surface area (Å²) in [4.78, 5) is 35.1. The highest BCUT2D eigenvalue weighted by atomic mass is 16.6. The van der Waals surface area contributed by atoms with E-state index in [1.54, 1.807) is 18.2 Å². The maximum Gasteiger partial charge on any atom is 0.269 e. The minimum atomic E-state index is -0.936. The van der Waals surface area contributed by atoms with Crippen molar-refractivity contribution < 1.29 is 24.7 Å². The topological polar surface area (TPSA) is 118 Å². The first-order chi connectivity index (χ1) is 13.3. The first-order valence-corrected chi connectivity index (χ1v) is 8.25. The number of aliphatic hydroxyl groups is 2. The van der Waals surface area contributed by atoms with Crippen LogP contribution in [0.25, 0.3) is 11.6 Å². The lowest BCUT2D eigenvalue weighted by atomic mass is 9.88. The standard InChI is InChI=1S/C21H15NO6/c1-12-2-4-13(5-3-12)6-11-16-18(23)20(25)17(21(26)19(16)24)14-7-9-15(10-8-14)22(27)28/h2-11,23,26H,1H3/b11-6+. The van der Waals surface area contributed by atoms with E-state index in [1.165, 1.54) is 18.2 Å². The van der Waals surface area contributed by atoms with Gasteiger partial charge in [0.15, 0.2) is 11.5 Å². The van der Waals surface area contributed by atoms with Crippen molar-refractivity contribution in [3.8, 4) is 0 Å². The molecule has 0 aromatic heterocycles. The van der Waals surface area contributed by atoms with E-state index in [-0.39, 0.29) is 16.8 Å². The van der Waals surface area contributed by atoms with Crippen LogP contribution in [0.2, 0.25) is 0 Å². The predicted molar refractivity (Wildman–Crippen MR) is 103 cm³/mol. The molecular weight excluding hydrogens is 362 g/mol. The molecule has 3 rings (SSSR count). The molecule has 2 aromatic rings. The van der Waals surface area contributed by atoms with Gasteiger partial charge < -0.3 is 10.2 Å². The lowest BCUT2D eigenvalue weighted by molar-refractivity contribution is -0.384. The molecule has 0 aliphatic heterocycles. The molecule has 0 atom stereocenters. The second-order valence-electron chi connectivity index (χ2n) is 6.19. The zero-order valence-electron chi connectivity index (χ0n) is 14.7. The number of carbonyl (C=O) groups excluding carboxylic acids is 2. The third kappa shape index (κ3) is 3.45. The minimum Gasteiger partial charge on any atom is -0.504 e. The van der Waals surface area contributed by atoms with E-state index < -0.39 is 33.6 Å². The van der Waals surface area contributed by atoms with Crippen LogP contribution in [0.3, 0.4) is 0 Å². The first-order valence-electron chi connectivity index (χ1n) is 8.25. The molecular formula is C21H15NO6. The number of nitro benzene ring substituents is 1. The maximum absolute atomic E-state index is 12.5. The second-order valence-corrected chi connectivity index (χ2v) is 6.19. The van der Waals surface area contributed by atoms with E-state index in [4.69, 9.17) is 0 Å². The highest BCUT2D eigenvalue weighted by Crippen LogP contribution is 2.31. The first kappa shape index (κ1) is 18.8. The molecule has 0 saturated heterocycles. The van der Waals surface area contributed by atoms with Crippen LogP contribution < -0.4 is 0 Å². The molecule has 7 nitrogen and oxygen atoms in total. The monoisotopic (exact) mass is 377 g/mol. The molecule has 2 N–H and O–H groups in total. The molecule has 7 heteroatoms. The van der Waals surface area contributed by atoms with Crippen molar-refractivity contribution >= 4 is 28.9 Å². The van der Waals surface area contributed by atoms with Crippen molar-refractivity contribution in [1.82, 2.24) is 0 Å². The Bertz CT molecular complexity index is 1070. The largest absolute Gasteiger partial charge is 0.504 e. The Morgan fingerprint density at radius 1 is 0.857 bits per heavy atom. The molecule has 0 radical (unpaired) electrons. The average Bonchev–Trinajstić information content (AvgIpc) is 2.68. The Kier molecular flexibility index (Phi) is 4.91. The number of allylic oxidation sites excluding steroid dienone is 3. The van der Waals surface area contributed by atoms with Gasteiger partial charge in [0.1, 0.15) is 0 Å². The fourth-order valence-electron chi connectivity index (χ4n) is 2.73. The van der Waals surface area contributed by atoms with Gasteiger partial charge in [0.05, 0.1) is 16.1 Å². The van der Waals surface area contributed by atoms with Crippen LogP contribution in [0.4, 0.5) is 5.69 Å². The highest BCUT2D eigenvalue weighted by molar-refractivity contribution is 6.38. The van der Waals surface area contributed by atoms with E-state index in [0.717, 1.165) is 23.3 Å². The number of non-ortho nitro benzene ring substituents is 1. The summed E-state index contributed by atoms with van der Waals surface area (Å²) >= 11 is 0. The molecule has 0 heterocycles. The summed E-state index contributed by atoms with van der Waals surface area (Å²) in [6, 6.07) is 12.1. The van der Waals surface area contributed by atoms with Crippen molar-refractivity contribution in [3.63, 3.8) is 0 Å². The van der Waals surface area contributed by atoms with E-state index in [1.807, 2.05) is 19.1 Å². The number of aliphatic hydroxyl groups excluding tert-OH is 2. The Hall–Kier alpha value is -4.00. The molecule has 0 spiro atoms. The zero-order chi connectivity index (χ0) is 20.4. The third-order valence-electron chi connectivity index (χ3n) is 4.28. The number of ketones is 2. The number of carbonyl (C=O) groups is 2. The molecule has 0 unspecified atom stereocenters. The molecule has 0 saturated carbocycles. The van der Waals surface area contributed by atoms with Crippen LogP contribution in [0.1, 0.15) is 16.7 Å². The van der Waals surface area contributed by atoms with Crippen LogP contribution >= 0.6 is 0 Å². The molecule has 28 heavy (non-hydrogen) atoms. The molecule has 1 aliphatic rings. The number of aryl methyl sites for hydroxylation is 1. The van der Waals surface area contributed by atoms with Crippen molar-refractivity contribution in [1.29, 1.82) is 0 Å². The van der Waals surface area contributed by atoms with E-state index in [9.17, 15) is 29.9 Å². The smallest absolute Gasteiger partial charge is 0.269 e. The number of nitrogens with zero attached hydrogens (tertiary/aromatic N) is 1. The average molecular weight is 377 g/mol. The van der Waals surface area contributed by atoms with Gasteiger partial charge in [-0.1, -0.05) is 35.9 Å². The summed E-state index contributed by atoms with van der Waals surface area (Å²) in [5.41, 5.74) is 0.959. The van der Waals surface area contributed by atoms with Gasteiger partial charge in [-0.25, -0.2) is 0 Å². The summed E-state index contributed by atoms with van der Waals surface area (Å²) in [7, 11) is 0. The van der Waals surface area contributed by atoms with Gasteiger partial charge >= 0.3 is 0 Å². The normalized spacial score (nSPS) is 14.9. The van der Waals surface area contributed by atoms with Gasteiger partial charge in [-0.2, -0.15) is 0 Å². The van der Waals surface area contributed by atoms with Crippen LogP contribution in [-0.4, -0.2) is 26.7 Å². The van der Waals surface area contributed by atoms with Gasteiger partial charge in [-0.3, -0.25) is 19.7 Å². The molecule has 0 fully saturated rings. The van der Waals surface area contributed by atoms with Gasteiger partial charge in [0.25, 0.3) is 5.69 Å². The van der Waals surface area contributed by atoms with Gasteiger partial charge in [-0.05, 0) is 36.3 Å². The van der Waals surface area contributed by atoms with Crippen molar-refractivity contribution in [2.75, 3.05) is 0 Å². The molecule has 2 aromatic carbocycles. The van der Waals surface area contributed by atoms with Crippen LogP contribution in [-0.2, 0) is 9.59 Å². The summed E-state index contributed by atoms with van der Waals surface area (Å²) in [5, 5.41) is 31.2. The van der Waals surface area contributed by atoms with Crippen LogP contribution in [0.15, 0.2) is 71.7 Å². The van der Waals surface area contributed by atoms with Gasteiger partial charge in [0, 0.05) is 12.1 Å². The van der Waals surface area contributed by atoms with Crippen molar-refractivity contribution in [2.24, 2.45) is 0 Å². The van der Waals surface area contributed by atoms with Crippen LogP contribution in [0, 0.1) is 17.0 Å². The number of Topliss-reactive ketones (excluding diaryl/α,β-unsaturated/α-hetero) is 2. The maximum atomic E-state index is 12.5. The fourth-order valence-corrected chi connectivity index (χ4v) is 2.73. The van der Waals surface area contributed by atoms with Crippen molar-refractivity contribution in [2.45, 2.75) is 6.92 Å². The summed E-state index contributed by atoms with van der Waals surface area (Å²) in [6.45, 7) is 1.92. The second kappa shape index (κ2) is 7.32. The summed E-state index contributed by atoms with van der Waals surface area (Å²) in [6.07, 6.45) is 2.81. The van der Waals surface area contributed by atoms with Crippen LogP contribution in [0.5, 0.6) is 0 Å². The minimum absolute atomic E-state index is 0.0922. The SMILES string of the molecule is Cc1ccc(/C=C/C2=C(O)C(=O)C(c3ccc([N+](=O)[O-])cc3)=C(O)C2=O)cc1. The van der Waals surface area contributed by atoms with E-state index in [2.05, 4.69) is 0 Å². The van der Waals surface area contributed by atoms with E-state index >= 15 is 0 Å². The number of hydrogen-bond acceptors (Lipinski definition) is 6. The van der Waals surface area contributed by atoms with E-state index in [0.29, 0.717) is 0 Å². The third-order valence-corrected chi connectivity index (χ3v) is 4.28. The number of nitro groups is 1. The Morgan fingerprint density at radius 3 is 2.04 bits per heavy atom.